The summed E-state index contributed by atoms with van der Waals surface area (Å²) in [6.07, 6.45) is 0. The van der Waals surface area contributed by atoms with E-state index in [-0.39, 0.29) is 5.82 Å². The van der Waals surface area contributed by atoms with Crippen molar-refractivity contribution in [2.75, 3.05) is 0 Å². The van der Waals surface area contributed by atoms with E-state index < -0.39 is 0 Å². The number of hydrogen-bond acceptors (Lipinski definition) is 1. The van der Waals surface area contributed by atoms with Crippen LogP contribution in [0.5, 0.6) is 0 Å². The van der Waals surface area contributed by atoms with Gasteiger partial charge < -0.3 is 0 Å². The number of nitrogens with zero attached hydrogens (tertiary/aromatic N) is 1. The lowest BCUT2D eigenvalue weighted by atomic mass is 10.2. The van der Waals surface area contributed by atoms with Crippen molar-refractivity contribution in [2.24, 2.45) is 0 Å². The van der Waals surface area contributed by atoms with Gasteiger partial charge in [0.1, 0.15) is 5.82 Å². The van der Waals surface area contributed by atoms with Gasteiger partial charge in [-0.15, -0.1) is 11.6 Å². The number of halogens is 3. The fourth-order valence-electron chi connectivity index (χ4n) is 1.16. The molecule has 5 heteroatoms. The molecule has 0 atom stereocenters. The summed E-state index contributed by atoms with van der Waals surface area (Å²) in [6, 6.07) is 3.04. The highest BCUT2D eigenvalue weighted by Gasteiger charge is 2.07. The Labute approximate surface area is 87.2 Å². The average molecular weight is 263 g/mol. The second-order valence-electron chi connectivity index (χ2n) is 2.62. The summed E-state index contributed by atoms with van der Waals surface area (Å²) in [4.78, 5) is 0. The number of benzene rings is 1. The van der Waals surface area contributed by atoms with Crippen LogP contribution in [0, 0.1) is 5.82 Å². The number of nitrogens with one attached hydrogen (secondary N) is 1. The first-order chi connectivity index (χ1) is 6.22. The second-order valence-corrected chi connectivity index (χ2v) is 3.74. The van der Waals surface area contributed by atoms with E-state index in [2.05, 4.69) is 26.1 Å². The van der Waals surface area contributed by atoms with E-state index in [0.29, 0.717) is 15.9 Å². The van der Waals surface area contributed by atoms with E-state index in [4.69, 9.17) is 11.6 Å². The maximum absolute atomic E-state index is 13.0. The predicted octanol–water partition coefficient (Wildman–Crippen LogP) is 3.20. The second kappa shape index (κ2) is 3.27. The Morgan fingerprint density at radius 2 is 2.31 bits per heavy atom. The molecule has 0 saturated carbocycles. The molecular formula is C8H5BrClFN2. The van der Waals surface area contributed by atoms with E-state index in [0.717, 1.165) is 11.1 Å². The lowest BCUT2D eigenvalue weighted by Crippen LogP contribution is -1.79. The van der Waals surface area contributed by atoms with Crippen LogP contribution in [0.3, 0.4) is 0 Å². The molecule has 0 bridgehead atoms. The third-order valence-electron chi connectivity index (χ3n) is 1.81. The van der Waals surface area contributed by atoms with Crippen molar-refractivity contribution in [3.05, 3.63) is 28.1 Å². The van der Waals surface area contributed by atoms with E-state index in [1.54, 1.807) is 6.07 Å². The van der Waals surface area contributed by atoms with Gasteiger partial charge in [-0.3, -0.25) is 5.10 Å². The molecule has 0 aliphatic heterocycles. The van der Waals surface area contributed by atoms with Gasteiger partial charge in [0, 0.05) is 11.5 Å². The monoisotopic (exact) mass is 262 g/mol. The number of rotatable bonds is 1. The fraction of sp³-hybridized carbons (Fsp3) is 0.125. The highest BCUT2D eigenvalue weighted by Crippen LogP contribution is 2.24. The van der Waals surface area contributed by atoms with Gasteiger partial charge in [0.15, 0.2) is 0 Å². The minimum absolute atomic E-state index is 0.319. The molecule has 0 amide bonds. The van der Waals surface area contributed by atoms with E-state index in [9.17, 15) is 4.39 Å². The molecule has 0 unspecified atom stereocenters. The molecule has 2 aromatic rings. The summed E-state index contributed by atoms with van der Waals surface area (Å²) in [5, 5.41) is 7.52. The summed E-state index contributed by atoms with van der Waals surface area (Å²) in [5.74, 6) is 0.0225. The molecule has 0 spiro atoms. The summed E-state index contributed by atoms with van der Waals surface area (Å²) in [6.45, 7) is 0. The van der Waals surface area contributed by atoms with Crippen molar-refractivity contribution in [3.63, 3.8) is 0 Å². The predicted molar refractivity (Wildman–Crippen MR) is 53.3 cm³/mol. The highest BCUT2D eigenvalue weighted by atomic mass is 79.9. The van der Waals surface area contributed by atoms with Crippen molar-refractivity contribution in [1.29, 1.82) is 0 Å². The molecule has 0 aliphatic rings. The Kier molecular flexibility index (Phi) is 2.26. The lowest BCUT2D eigenvalue weighted by molar-refractivity contribution is 0.623. The van der Waals surface area contributed by atoms with Crippen molar-refractivity contribution >= 4 is 38.4 Å². The summed E-state index contributed by atoms with van der Waals surface area (Å²) in [5.41, 5.74) is 1.40. The van der Waals surface area contributed by atoms with Crippen molar-refractivity contribution in [3.8, 4) is 0 Å². The standard InChI is InChI=1S/C8H5BrClFN2/c9-5-1-4-7(2-6(5)11)12-13-8(4)3-10/h1-2H,3H2,(H,12,13). The molecule has 2 rings (SSSR count). The Balaban J connectivity index is 2.77. The van der Waals surface area contributed by atoms with Gasteiger partial charge in [-0.2, -0.15) is 5.10 Å². The molecule has 13 heavy (non-hydrogen) atoms. The smallest absolute Gasteiger partial charge is 0.139 e. The molecule has 0 saturated heterocycles. The van der Waals surface area contributed by atoms with Crippen LogP contribution >= 0.6 is 27.5 Å². The van der Waals surface area contributed by atoms with Crippen LogP contribution in [-0.4, -0.2) is 10.2 Å². The van der Waals surface area contributed by atoms with Crippen LogP contribution in [0.15, 0.2) is 16.6 Å². The number of alkyl halides is 1. The van der Waals surface area contributed by atoms with Crippen molar-refractivity contribution in [2.45, 2.75) is 5.88 Å². The normalized spacial score (nSPS) is 11.0. The third-order valence-corrected chi connectivity index (χ3v) is 2.68. The zero-order valence-electron chi connectivity index (χ0n) is 6.44. The molecule has 1 N–H and O–H groups in total. The van der Waals surface area contributed by atoms with Crippen molar-refractivity contribution < 1.29 is 4.39 Å². The summed E-state index contributed by atoms with van der Waals surface area (Å²) >= 11 is 8.76. The van der Waals surface area contributed by atoms with Crippen LogP contribution in [0.4, 0.5) is 4.39 Å². The highest BCUT2D eigenvalue weighted by molar-refractivity contribution is 9.10. The number of fused-ring (bicyclic) bond motifs is 1. The summed E-state index contributed by atoms with van der Waals surface area (Å²) in [7, 11) is 0. The first-order valence-electron chi connectivity index (χ1n) is 3.60. The maximum atomic E-state index is 13.0. The average Bonchev–Trinajstić information content (AvgIpc) is 2.48. The van der Waals surface area contributed by atoms with Gasteiger partial charge in [-0.1, -0.05) is 0 Å². The summed E-state index contributed by atoms with van der Waals surface area (Å²) < 4.78 is 13.5. The van der Waals surface area contributed by atoms with E-state index >= 15 is 0 Å². The fourth-order valence-corrected chi connectivity index (χ4v) is 1.71. The first-order valence-corrected chi connectivity index (χ1v) is 4.93. The van der Waals surface area contributed by atoms with E-state index in [1.807, 2.05) is 0 Å². The molecule has 0 aliphatic carbocycles. The molecule has 1 aromatic carbocycles. The van der Waals surface area contributed by atoms with E-state index in [1.165, 1.54) is 6.07 Å². The van der Waals surface area contributed by atoms with Crippen LogP contribution in [0.1, 0.15) is 5.69 Å². The minimum atomic E-state index is -0.319. The van der Waals surface area contributed by atoms with Crippen LogP contribution in [0.25, 0.3) is 10.9 Å². The maximum Gasteiger partial charge on any atom is 0.139 e. The van der Waals surface area contributed by atoms with Gasteiger partial charge in [0.2, 0.25) is 0 Å². The Morgan fingerprint density at radius 3 is 3.00 bits per heavy atom. The Morgan fingerprint density at radius 1 is 1.54 bits per heavy atom. The van der Waals surface area contributed by atoms with Crippen LogP contribution in [-0.2, 0) is 5.88 Å². The SMILES string of the molecule is Fc1cc2n[nH]c(CCl)c2cc1Br. The third kappa shape index (κ3) is 1.44. The topological polar surface area (TPSA) is 28.7 Å². The number of aromatic amines is 1. The van der Waals surface area contributed by atoms with Crippen LogP contribution < -0.4 is 0 Å². The quantitative estimate of drug-likeness (QED) is 0.786. The van der Waals surface area contributed by atoms with Gasteiger partial charge in [0.05, 0.1) is 21.6 Å². The molecule has 0 fully saturated rings. The Hall–Kier alpha value is -0.610. The zero-order chi connectivity index (χ0) is 9.42. The Bertz CT molecular complexity index is 455. The zero-order valence-corrected chi connectivity index (χ0v) is 8.78. The van der Waals surface area contributed by atoms with Crippen LogP contribution in [0.2, 0.25) is 0 Å². The molecule has 1 heterocycles. The molecule has 1 aromatic heterocycles. The molecule has 0 radical (unpaired) electrons. The largest absolute Gasteiger partial charge is 0.280 e. The van der Waals surface area contributed by atoms with Gasteiger partial charge in [-0.25, -0.2) is 4.39 Å². The van der Waals surface area contributed by atoms with Gasteiger partial charge in [-0.05, 0) is 22.0 Å². The number of aromatic nitrogens is 2. The molecule has 68 valence electrons. The van der Waals surface area contributed by atoms with Gasteiger partial charge >= 0.3 is 0 Å². The minimum Gasteiger partial charge on any atom is -0.280 e. The molecular weight excluding hydrogens is 258 g/mol. The van der Waals surface area contributed by atoms with Crippen molar-refractivity contribution in [1.82, 2.24) is 10.2 Å². The first kappa shape index (κ1) is 8.97. The number of H-pyrrole nitrogens is 1. The molecule has 2 nitrogen and oxygen atoms in total. The van der Waals surface area contributed by atoms with Gasteiger partial charge in [0.25, 0.3) is 0 Å². The lowest BCUT2D eigenvalue weighted by Gasteiger charge is -1.94. The number of hydrogen-bond donors (Lipinski definition) is 1.